The summed E-state index contributed by atoms with van der Waals surface area (Å²) in [6.07, 6.45) is 0.229. The molecule has 0 aliphatic rings. The first-order chi connectivity index (χ1) is 9.17. The summed E-state index contributed by atoms with van der Waals surface area (Å²) in [5.41, 5.74) is 0.871. The minimum atomic E-state index is -0.397. The third-order valence-corrected chi connectivity index (χ3v) is 2.54. The molecule has 0 fully saturated rings. The van der Waals surface area contributed by atoms with Gasteiger partial charge in [-0.2, -0.15) is 0 Å². The van der Waals surface area contributed by atoms with Crippen molar-refractivity contribution in [1.29, 1.82) is 0 Å². The lowest BCUT2D eigenvalue weighted by atomic mass is 10.2. The monoisotopic (exact) mass is 268 g/mol. The first-order valence-corrected chi connectivity index (χ1v) is 6.56. The van der Waals surface area contributed by atoms with Crippen LogP contribution in [0.15, 0.2) is 18.2 Å². The van der Waals surface area contributed by atoms with Gasteiger partial charge in [0.1, 0.15) is 0 Å². The molecule has 0 spiro atoms. The molecule has 2 N–H and O–H groups in total. The summed E-state index contributed by atoms with van der Waals surface area (Å²) in [4.78, 5) is 11.2. The lowest BCUT2D eigenvalue weighted by Crippen LogP contribution is -2.24. The van der Waals surface area contributed by atoms with Crippen molar-refractivity contribution < 1.29 is 13.9 Å². The Labute approximate surface area is 113 Å². The highest BCUT2D eigenvalue weighted by molar-refractivity contribution is 5.75. The molecule has 0 atom stereocenters. The predicted octanol–water partition coefficient (Wildman–Crippen LogP) is 1.84. The van der Waals surface area contributed by atoms with Gasteiger partial charge in [-0.1, -0.05) is 13.0 Å². The summed E-state index contributed by atoms with van der Waals surface area (Å²) in [7, 11) is 0. The summed E-state index contributed by atoms with van der Waals surface area (Å²) in [5, 5.41) is 5.78. The molecule has 19 heavy (non-hydrogen) atoms. The largest absolute Gasteiger partial charge is 0.490 e. The maximum atomic E-state index is 13.7. The van der Waals surface area contributed by atoms with Gasteiger partial charge in [0.25, 0.3) is 0 Å². The van der Waals surface area contributed by atoms with E-state index in [-0.39, 0.29) is 24.7 Å². The summed E-state index contributed by atoms with van der Waals surface area (Å²) >= 11 is 0. The number of rotatable bonds is 8. The van der Waals surface area contributed by atoms with Crippen molar-refractivity contribution >= 4 is 5.91 Å². The van der Waals surface area contributed by atoms with Crippen LogP contribution in [0.4, 0.5) is 4.39 Å². The highest BCUT2D eigenvalue weighted by Crippen LogP contribution is 2.18. The molecule has 0 aromatic heterocycles. The molecule has 0 radical (unpaired) electrons. The zero-order valence-corrected chi connectivity index (χ0v) is 11.5. The van der Waals surface area contributed by atoms with E-state index in [0.717, 1.165) is 12.1 Å². The van der Waals surface area contributed by atoms with Gasteiger partial charge in [0.15, 0.2) is 11.6 Å². The van der Waals surface area contributed by atoms with Gasteiger partial charge in [0, 0.05) is 13.1 Å². The second-order valence-electron chi connectivity index (χ2n) is 4.10. The van der Waals surface area contributed by atoms with Crippen LogP contribution in [0.25, 0.3) is 0 Å². The molecule has 106 valence electrons. The molecule has 5 heteroatoms. The fourth-order valence-electron chi connectivity index (χ4n) is 1.58. The third-order valence-electron chi connectivity index (χ3n) is 2.54. The lowest BCUT2D eigenvalue weighted by molar-refractivity contribution is -0.121. The smallest absolute Gasteiger partial charge is 0.223 e. The normalized spacial score (nSPS) is 10.3. The fourth-order valence-corrected chi connectivity index (χ4v) is 1.58. The molecular formula is C14H21FN2O2. The molecule has 0 bridgehead atoms. The average Bonchev–Trinajstić information content (AvgIpc) is 2.39. The maximum Gasteiger partial charge on any atom is 0.223 e. The first-order valence-electron chi connectivity index (χ1n) is 6.56. The molecule has 0 saturated heterocycles. The number of nitrogens with one attached hydrogen (secondary N) is 2. The minimum Gasteiger partial charge on any atom is -0.490 e. The minimum absolute atomic E-state index is 0.0910. The second kappa shape index (κ2) is 8.48. The van der Waals surface area contributed by atoms with Crippen LogP contribution in [-0.2, 0) is 11.3 Å². The molecule has 0 unspecified atom stereocenters. The van der Waals surface area contributed by atoms with Gasteiger partial charge in [-0.25, -0.2) is 4.39 Å². The van der Waals surface area contributed by atoms with E-state index in [2.05, 4.69) is 10.6 Å². The topological polar surface area (TPSA) is 50.4 Å². The molecular weight excluding hydrogens is 247 g/mol. The highest BCUT2D eigenvalue weighted by atomic mass is 19.1. The van der Waals surface area contributed by atoms with Crippen molar-refractivity contribution in [3.63, 3.8) is 0 Å². The Bertz CT molecular complexity index is 410. The van der Waals surface area contributed by atoms with E-state index in [1.54, 1.807) is 6.07 Å². The van der Waals surface area contributed by atoms with Crippen molar-refractivity contribution in [2.24, 2.45) is 0 Å². The van der Waals surface area contributed by atoms with Gasteiger partial charge in [-0.15, -0.1) is 0 Å². The van der Waals surface area contributed by atoms with Crippen LogP contribution < -0.4 is 15.4 Å². The van der Waals surface area contributed by atoms with E-state index in [1.807, 2.05) is 19.9 Å². The summed E-state index contributed by atoms with van der Waals surface area (Å²) < 4.78 is 19.0. The summed E-state index contributed by atoms with van der Waals surface area (Å²) in [6, 6.07) is 4.86. The summed E-state index contributed by atoms with van der Waals surface area (Å²) in [5.74, 6) is -0.303. The van der Waals surface area contributed by atoms with Crippen LogP contribution in [0.5, 0.6) is 5.75 Å². The van der Waals surface area contributed by atoms with E-state index < -0.39 is 5.82 Å². The Morgan fingerprint density at radius 1 is 1.32 bits per heavy atom. The standard InChI is InChI=1S/C14H21FN2O2/c1-3-16-10-11-5-6-13(12(15)9-11)19-8-7-14(18)17-4-2/h5-6,9,16H,3-4,7-8,10H2,1-2H3,(H,17,18). The van der Waals surface area contributed by atoms with Crippen LogP contribution in [0.1, 0.15) is 25.8 Å². The van der Waals surface area contributed by atoms with Crippen LogP contribution in [-0.4, -0.2) is 25.6 Å². The molecule has 0 heterocycles. The SMILES string of the molecule is CCNCc1ccc(OCCC(=O)NCC)c(F)c1. The zero-order chi connectivity index (χ0) is 14.1. The molecule has 1 amide bonds. The second-order valence-corrected chi connectivity index (χ2v) is 4.10. The number of benzene rings is 1. The van der Waals surface area contributed by atoms with Crippen molar-refractivity contribution in [2.75, 3.05) is 19.7 Å². The Kier molecular flexibility index (Phi) is 6.89. The lowest BCUT2D eigenvalue weighted by Gasteiger charge is -2.09. The quantitative estimate of drug-likeness (QED) is 0.756. The van der Waals surface area contributed by atoms with Crippen LogP contribution >= 0.6 is 0 Å². The number of halogens is 1. The van der Waals surface area contributed by atoms with Gasteiger partial charge in [-0.05, 0) is 31.2 Å². The molecule has 0 aliphatic carbocycles. The first kappa shape index (κ1) is 15.4. The Balaban J connectivity index is 2.44. The highest BCUT2D eigenvalue weighted by Gasteiger charge is 2.06. The van der Waals surface area contributed by atoms with Crippen molar-refractivity contribution in [3.05, 3.63) is 29.6 Å². The van der Waals surface area contributed by atoms with E-state index in [4.69, 9.17) is 4.74 Å². The van der Waals surface area contributed by atoms with E-state index in [9.17, 15) is 9.18 Å². The number of ether oxygens (including phenoxy) is 1. The molecule has 1 aromatic rings. The van der Waals surface area contributed by atoms with Gasteiger partial charge >= 0.3 is 0 Å². The van der Waals surface area contributed by atoms with Crippen LogP contribution in [0, 0.1) is 5.82 Å². The van der Waals surface area contributed by atoms with Crippen LogP contribution in [0.2, 0.25) is 0 Å². The number of carbonyl (C=O) groups excluding carboxylic acids is 1. The van der Waals surface area contributed by atoms with Gasteiger partial charge < -0.3 is 15.4 Å². The Morgan fingerprint density at radius 3 is 2.74 bits per heavy atom. The number of hydrogen-bond acceptors (Lipinski definition) is 3. The summed E-state index contributed by atoms with van der Waals surface area (Å²) in [6.45, 7) is 6.08. The number of amides is 1. The van der Waals surface area contributed by atoms with Crippen molar-refractivity contribution in [1.82, 2.24) is 10.6 Å². The number of carbonyl (C=O) groups is 1. The van der Waals surface area contributed by atoms with E-state index in [0.29, 0.717) is 13.1 Å². The Morgan fingerprint density at radius 2 is 2.11 bits per heavy atom. The molecule has 0 saturated carbocycles. The van der Waals surface area contributed by atoms with E-state index >= 15 is 0 Å². The predicted molar refractivity (Wildman–Crippen MR) is 72.6 cm³/mol. The Hall–Kier alpha value is -1.62. The van der Waals surface area contributed by atoms with Crippen molar-refractivity contribution in [3.8, 4) is 5.75 Å². The zero-order valence-electron chi connectivity index (χ0n) is 11.5. The van der Waals surface area contributed by atoms with E-state index in [1.165, 1.54) is 6.07 Å². The van der Waals surface area contributed by atoms with Crippen molar-refractivity contribution in [2.45, 2.75) is 26.8 Å². The van der Waals surface area contributed by atoms with Crippen LogP contribution in [0.3, 0.4) is 0 Å². The third kappa shape index (κ3) is 5.70. The molecule has 1 aromatic carbocycles. The molecule has 1 rings (SSSR count). The number of hydrogen-bond donors (Lipinski definition) is 2. The fraction of sp³-hybridized carbons (Fsp3) is 0.500. The molecule has 0 aliphatic heterocycles. The van der Waals surface area contributed by atoms with Gasteiger partial charge in [-0.3, -0.25) is 4.79 Å². The molecule has 4 nitrogen and oxygen atoms in total. The average molecular weight is 268 g/mol. The van der Waals surface area contributed by atoms with Gasteiger partial charge in [0.2, 0.25) is 5.91 Å². The van der Waals surface area contributed by atoms with Gasteiger partial charge in [0.05, 0.1) is 13.0 Å². The maximum absolute atomic E-state index is 13.7.